The molecule has 1 aliphatic rings. The van der Waals surface area contributed by atoms with Crippen LogP contribution in [0.1, 0.15) is 12.0 Å². The maximum Gasteiger partial charge on any atom is 0.416 e. The van der Waals surface area contributed by atoms with Gasteiger partial charge in [-0.05, 0) is 18.2 Å². The first-order valence-corrected chi connectivity index (χ1v) is 5.18. The molecule has 0 radical (unpaired) electrons. The Morgan fingerprint density at radius 1 is 1.39 bits per heavy atom. The van der Waals surface area contributed by atoms with E-state index in [4.69, 9.17) is 10.5 Å². The van der Waals surface area contributed by atoms with E-state index in [0.717, 1.165) is 18.2 Å². The third-order valence-electron chi connectivity index (χ3n) is 2.49. The van der Waals surface area contributed by atoms with Crippen LogP contribution in [-0.2, 0) is 15.7 Å². The summed E-state index contributed by atoms with van der Waals surface area (Å²) in [7, 11) is 0. The first-order chi connectivity index (χ1) is 8.38. The number of carbonyl (C=O) groups excluding carboxylic acids is 1. The topological polar surface area (TPSA) is 61.6 Å². The lowest BCUT2D eigenvalue weighted by atomic mass is 10.2. The quantitative estimate of drug-likeness (QED) is 0.653. The molecule has 1 aromatic rings. The highest BCUT2D eigenvalue weighted by Gasteiger charge is 2.32. The standard InChI is InChI=1S/C11H10F3NO3/c12-11(13,14)6-1-2-8(7(15)5-6)18-9-3-4-17-10(9)16/h1-2,5,9H,3-4,15H2. The van der Waals surface area contributed by atoms with E-state index in [0.29, 0.717) is 6.42 Å². The van der Waals surface area contributed by atoms with Crippen LogP contribution >= 0.6 is 0 Å². The highest BCUT2D eigenvalue weighted by molar-refractivity contribution is 5.77. The number of ether oxygens (including phenoxy) is 2. The molecule has 1 atom stereocenters. The van der Waals surface area contributed by atoms with Crippen molar-refractivity contribution < 1.29 is 27.4 Å². The van der Waals surface area contributed by atoms with Crippen LogP contribution in [0.4, 0.5) is 18.9 Å². The number of hydrogen-bond acceptors (Lipinski definition) is 4. The highest BCUT2D eigenvalue weighted by atomic mass is 19.4. The minimum Gasteiger partial charge on any atom is -0.476 e. The van der Waals surface area contributed by atoms with Gasteiger partial charge in [0.1, 0.15) is 5.75 Å². The van der Waals surface area contributed by atoms with E-state index in [2.05, 4.69) is 4.74 Å². The van der Waals surface area contributed by atoms with E-state index < -0.39 is 23.8 Å². The smallest absolute Gasteiger partial charge is 0.416 e. The lowest BCUT2D eigenvalue weighted by Gasteiger charge is -2.14. The Bertz CT molecular complexity index is 473. The van der Waals surface area contributed by atoms with Gasteiger partial charge in [0.15, 0.2) is 6.10 Å². The molecule has 7 heteroatoms. The van der Waals surface area contributed by atoms with E-state index in [1.54, 1.807) is 0 Å². The number of carbonyl (C=O) groups is 1. The lowest BCUT2D eigenvalue weighted by molar-refractivity contribution is -0.143. The van der Waals surface area contributed by atoms with Crippen molar-refractivity contribution in [2.24, 2.45) is 0 Å². The van der Waals surface area contributed by atoms with Gasteiger partial charge in [0.05, 0.1) is 17.9 Å². The number of cyclic esters (lactones) is 1. The van der Waals surface area contributed by atoms with Crippen LogP contribution in [0.15, 0.2) is 18.2 Å². The van der Waals surface area contributed by atoms with Crippen molar-refractivity contribution in [2.75, 3.05) is 12.3 Å². The Morgan fingerprint density at radius 3 is 2.61 bits per heavy atom. The monoisotopic (exact) mass is 261 g/mol. The Labute approximate surface area is 100 Å². The maximum atomic E-state index is 12.4. The molecule has 1 heterocycles. The fourth-order valence-electron chi connectivity index (χ4n) is 1.57. The van der Waals surface area contributed by atoms with Crippen LogP contribution in [0.5, 0.6) is 5.75 Å². The Hall–Kier alpha value is -1.92. The fraction of sp³-hybridized carbons (Fsp3) is 0.364. The van der Waals surface area contributed by atoms with Crippen LogP contribution in [0.25, 0.3) is 0 Å². The molecule has 1 fully saturated rings. The summed E-state index contributed by atoms with van der Waals surface area (Å²) >= 11 is 0. The second kappa shape index (κ2) is 4.40. The van der Waals surface area contributed by atoms with Crippen molar-refractivity contribution in [3.05, 3.63) is 23.8 Å². The normalized spacial score (nSPS) is 19.7. The summed E-state index contributed by atoms with van der Waals surface area (Å²) in [6.07, 6.45) is -4.90. The predicted molar refractivity (Wildman–Crippen MR) is 55.8 cm³/mol. The second-order valence-corrected chi connectivity index (χ2v) is 3.81. The third kappa shape index (κ3) is 2.49. The minimum absolute atomic E-state index is 0.0480. The molecule has 98 valence electrons. The van der Waals surface area contributed by atoms with Gasteiger partial charge in [0, 0.05) is 6.42 Å². The summed E-state index contributed by atoms with van der Waals surface area (Å²) in [4.78, 5) is 11.1. The molecule has 0 bridgehead atoms. The van der Waals surface area contributed by atoms with Gasteiger partial charge in [-0.25, -0.2) is 4.79 Å². The Kier molecular flexibility index (Phi) is 3.06. The molecule has 0 amide bonds. The molecule has 1 saturated heterocycles. The number of benzene rings is 1. The zero-order valence-corrected chi connectivity index (χ0v) is 9.16. The third-order valence-corrected chi connectivity index (χ3v) is 2.49. The van der Waals surface area contributed by atoms with Crippen molar-refractivity contribution in [1.29, 1.82) is 0 Å². The SMILES string of the molecule is Nc1cc(C(F)(F)F)ccc1OC1CCOC1=O. The minimum atomic E-state index is -4.46. The zero-order valence-electron chi connectivity index (χ0n) is 9.16. The van der Waals surface area contributed by atoms with Crippen LogP contribution in [0, 0.1) is 0 Å². The van der Waals surface area contributed by atoms with Crippen molar-refractivity contribution in [2.45, 2.75) is 18.7 Å². The maximum absolute atomic E-state index is 12.4. The number of nitrogen functional groups attached to an aromatic ring is 1. The Balaban J connectivity index is 2.17. The van der Waals surface area contributed by atoms with Crippen molar-refractivity contribution >= 4 is 11.7 Å². The van der Waals surface area contributed by atoms with E-state index in [-0.39, 0.29) is 18.0 Å². The van der Waals surface area contributed by atoms with Crippen molar-refractivity contribution in [3.63, 3.8) is 0 Å². The van der Waals surface area contributed by atoms with Gasteiger partial charge in [-0.15, -0.1) is 0 Å². The molecule has 18 heavy (non-hydrogen) atoms. The van der Waals surface area contributed by atoms with Crippen LogP contribution in [0.2, 0.25) is 0 Å². The predicted octanol–water partition coefficient (Wildman–Crippen LogP) is 1.98. The number of anilines is 1. The summed E-state index contributed by atoms with van der Waals surface area (Å²) in [5.74, 6) is -0.485. The van der Waals surface area contributed by atoms with Gasteiger partial charge < -0.3 is 15.2 Å². The molecule has 0 aromatic heterocycles. The number of alkyl halides is 3. The summed E-state index contributed by atoms with van der Waals surface area (Å²) in [6, 6.07) is 2.73. The molecule has 1 aromatic carbocycles. The van der Waals surface area contributed by atoms with Crippen LogP contribution in [0.3, 0.4) is 0 Å². The molecular weight excluding hydrogens is 251 g/mol. The first-order valence-electron chi connectivity index (χ1n) is 5.18. The average Bonchev–Trinajstić information content (AvgIpc) is 2.66. The van der Waals surface area contributed by atoms with Gasteiger partial charge in [-0.2, -0.15) is 13.2 Å². The van der Waals surface area contributed by atoms with E-state index in [9.17, 15) is 18.0 Å². The van der Waals surface area contributed by atoms with E-state index in [1.807, 2.05) is 0 Å². The van der Waals surface area contributed by atoms with E-state index >= 15 is 0 Å². The summed E-state index contributed by atoms with van der Waals surface area (Å²) in [5, 5.41) is 0. The second-order valence-electron chi connectivity index (χ2n) is 3.81. The van der Waals surface area contributed by atoms with Crippen LogP contribution < -0.4 is 10.5 Å². The zero-order chi connectivity index (χ0) is 13.3. The number of nitrogens with two attached hydrogens (primary N) is 1. The molecule has 0 aliphatic carbocycles. The van der Waals surface area contributed by atoms with Gasteiger partial charge in [0.2, 0.25) is 0 Å². The van der Waals surface area contributed by atoms with Gasteiger partial charge in [0.25, 0.3) is 0 Å². The van der Waals surface area contributed by atoms with Crippen molar-refractivity contribution in [3.8, 4) is 5.75 Å². The number of hydrogen-bond donors (Lipinski definition) is 1. The molecule has 0 spiro atoms. The molecule has 2 rings (SSSR count). The molecular formula is C11H10F3NO3. The average molecular weight is 261 g/mol. The molecule has 1 unspecified atom stereocenters. The lowest BCUT2D eigenvalue weighted by Crippen LogP contribution is -2.22. The van der Waals surface area contributed by atoms with E-state index in [1.165, 1.54) is 0 Å². The summed E-state index contributed by atoms with van der Waals surface area (Å²) in [6.45, 7) is 0.240. The van der Waals surface area contributed by atoms with Crippen molar-refractivity contribution in [1.82, 2.24) is 0 Å². The number of esters is 1. The number of halogens is 3. The Morgan fingerprint density at radius 2 is 2.11 bits per heavy atom. The molecule has 4 nitrogen and oxygen atoms in total. The molecule has 2 N–H and O–H groups in total. The fourth-order valence-corrected chi connectivity index (χ4v) is 1.57. The molecule has 1 aliphatic heterocycles. The van der Waals surface area contributed by atoms with Gasteiger partial charge in [-0.1, -0.05) is 0 Å². The van der Waals surface area contributed by atoms with Crippen LogP contribution in [-0.4, -0.2) is 18.7 Å². The number of rotatable bonds is 2. The van der Waals surface area contributed by atoms with Gasteiger partial charge in [-0.3, -0.25) is 0 Å². The summed E-state index contributed by atoms with van der Waals surface area (Å²) in [5.41, 5.74) is 4.44. The van der Waals surface area contributed by atoms with Gasteiger partial charge >= 0.3 is 12.1 Å². The highest BCUT2D eigenvalue weighted by Crippen LogP contribution is 2.34. The molecule has 0 saturated carbocycles. The first kappa shape index (κ1) is 12.5. The largest absolute Gasteiger partial charge is 0.476 e. The summed E-state index contributed by atoms with van der Waals surface area (Å²) < 4.78 is 47.1.